The van der Waals surface area contributed by atoms with Crippen molar-refractivity contribution in [3.63, 3.8) is 0 Å². The molecule has 1 N–H and O–H groups in total. The van der Waals surface area contributed by atoms with Crippen LogP contribution in [0.15, 0.2) is 36.7 Å². The van der Waals surface area contributed by atoms with Crippen molar-refractivity contribution >= 4 is 11.9 Å². The summed E-state index contributed by atoms with van der Waals surface area (Å²) in [5.74, 6) is -2.49. The zero-order chi connectivity index (χ0) is 22.8. The molecule has 3 unspecified atom stereocenters. The van der Waals surface area contributed by atoms with Gasteiger partial charge in [0.2, 0.25) is 5.91 Å². The fraction of sp³-hybridized carbons (Fsp3) is 0.450. The molecule has 1 aliphatic carbocycles. The van der Waals surface area contributed by atoms with E-state index in [0.717, 1.165) is 12.1 Å². The Bertz CT molecular complexity index is 947. The third-order valence-corrected chi connectivity index (χ3v) is 5.08. The zero-order valence-corrected chi connectivity index (χ0v) is 16.6. The largest absolute Gasteiger partial charge is 0.490 e. The Morgan fingerprint density at radius 2 is 1.90 bits per heavy atom. The van der Waals surface area contributed by atoms with Crippen molar-refractivity contribution in [2.75, 3.05) is 6.54 Å². The number of hydrogen-bond donors (Lipinski definition) is 1. The molecule has 7 nitrogen and oxygen atoms in total. The second-order valence-electron chi connectivity index (χ2n) is 7.52. The SMILES string of the molecule is CC1CC1C(=O)N1Cc2cccn2CC(Oc2ncccc2F)C1.O=C(O)C(F)(F)F. The van der Waals surface area contributed by atoms with Gasteiger partial charge in [-0.3, -0.25) is 4.79 Å². The first kappa shape index (κ1) is 22.6. The molecular formula is C20H21F4N3O4. The highest BCUT2D eigenvalue weighted by atomic mass is 19.4. The molecule has 1 fully saturated rings. The van der Waals surface area contributed by atoms with E-state index >= 15 is 0 Å². The van der Waals surface area contributed by atoms with Gasteiger partial charge in [-0.25, -0.2) is 14.2 Å². The maximum absolute atomic E-state index is 13.9. The number of pyridine rings is 1. The molecule has 2 aliphatic rings. The maximum Gasteiger partial charge on any atom is 0.490 e. The van der Waals surface area contributed by atoms with Gasteiger partial charge in [0.05, 0.1) is 19.6 Å². The van der Waals surface area contributed by atoms with E-state index in [0.29, 0.717) is 25.6 Å². The molecule has 4 rings (SSSR count). The van der Waals surface area contributed by atoms with Gasteiger partial charge in [0.15, 0.2) is 5.82 Å². The molecule has 0 spiro atoms. The number of aliphatic carboxylic acids is 1. The number of halogens is 4. The van der Waals surface area contributed by atoms with Gasteiger partial charge < -0.3 is 19.3 Å². The molecule has 1 amide bonds. The minimum atomic E-state index is -5.08. The van der Waals surface area contributed by atoms with Gasteiger partial charge in [-0.05, 0) is 36.6 Å². The number of nitrogens with zero attached hydrogens (tertiary/aromatic N) is 3. The standard InChI is InChI=1S/C18H20FN3O2.C2HF3O2/c1-12-8-15(12)18(23)22-9-13-4-3-7-21(13)10-14(11-22)24-17-16(19)5-2-6-20-17;3-2(4,5)1(6)7/h2-7,12,14-15H,8-11H2,1H3;(H,6,7). The van der Waals surface area contributed by atoms with Gasteiger partial charge in [-0.15, -0.1) is 0 Å². The number of carboxylic acid groups (broad SMARTS) is 1. The molecule has 0 aromatic carbocycles. The molecule has 2 aromatic rings. The van der Waals surface area contributed by atoms with E-state index in [4.69, 9.17) is 14.6 Å². The summed E-state index contributed by atoms with van der Waals surface area (Å²) in [5.41, 5.74) is 1.07. The number of carbonyl (C=O) groups excluding carboxylic acids is 1. The van der Waals surface area contributed by atoms with Crippen LogP contribution in [0.25, 0.3) is 0 Å². The number of alkyl halides is 3. The van der Waals surface area contributed by atoms with Gasteiger partial charge >= 0.3 is 12.1 Å². The number of aromatic nitrogens is 2. The zero-order valence-electron chi connectivity index (χ0n) is 16.6. The number of carboxylic acids is 1. The van der Waals surface area contributed by atoms with Crippen molar-refractivity contribution in [2.24, 2.45) is 11.8 Å². The second-order valence-corrected chi connectivity index (χ2v) is 7.52. The highest BCUT2D eigenvalue weighted by Crippen LogP contribution is 2.39. The van der Waals surface area contributed by atoms with Crippen molar-refractivity contribution in [3.05, 3.63) is 48.2 Å². The number of carbonyl (C=O) groups is 2. The van der Waals surface area contributed by atoms with Crippen LogP contribution in [0.1, 0.15) is 19.0 Å². The lowest BCUT2D eigenvalue weighted by Gasteiger charge is -2.24. The summed E-state index contributed by atoms with van der Waals surface area (Å²) in [7, 11) is 0. The van der Waals surface area contributed by atoms with E-state index in [9.17, 15) is 22.4 Å². The van der Waals surface area contributed by atoms with Gasteiger partial charge in [0.1, 0.15) is 6.10 Å². The van der Waals surface area contributed by atoms with Gasteiger partial charge in [-0.2, -0.15) is 13.2 Å². The van der Waals surface area contributed by atoms with Gasteiger partial charge in [0, 0.05) is 24.0 Å². The molecule has 1 saturated carbocycles. The third kappa shape index (κ3) is 5.74. The van der Waals surface area contributed by atoms with Crippen molar-refractivity contribution in [1.82, 2.24) is 14.5 Å². The number of ether oxygens (including phenoxy) is 1. The summed E-state index contributed by atoms with van der Waals surface area (Å²) in [5, 5.41) is 7.12. The number of amides is 1. The van der Waals surface area contributed by atoms with Crippen LogP contribution in [0.4, 0.5) is 17.6 Å². The van der Waals surface area contributed by atoms with Gasteiger partial charge in [0.25, 0.3) is 5.88 Å². The highest BCUT2D eigenvalue weighted by molar-refractivity contribution is 5.81. The van der Waals surface area contributed by atoms with Crippen molar-refractivity contribution in [3.8, 4) is 5.88 Å². The van der Waals surface area contributed by atoms with Crippen molar-refractivity contribution < 1.29 is 37.0 Å². The summed E-state index contributed by atoms with van der Waals surface area (Å²) in [4.78, 5) is 27.4. The average Bonchev–Trinajstić information content (AvgIpc) is 3.32. The fourth-order valence-electron chi connectivity index (χ4n) is 3.31. The van der Waals surface area contributed by atoms with E-state index in [-0.39, 0.29) is 23.8 Å². The van der Waals surface area contributed by atoms with Crippen LogP contribution in [0.2, 0.25) is 0 Å². The van der Waals surface area contributed by atoms with Crippen LogP contribution < -0.4 is 4.74 Å². The van der Waals surface area contributed by atoms with Crippen LogP contribution >= 0.6 is 0 Å². The molecule has 0 saturated heterocycles. The van der Waals surface area contributed by atoms with Crippen molar-refractivity contribution in [2.45, 2.75) is 38.7 Å². The molecule has 2 aromatic heterocycles. The van der Waals surface area contributed by atoms with Gasteiger partial charge in [-0.1, -0.05) is 6.92 Å². The smallest absolute Gasteiger partial charge is 0.475 e. The van der Waals surface area contributed by atoms with Crippen LogP contribution in [-0.4, -0.2) is 50.3 Å². The van der Waals surface area contributed by atoms with E-state index in [2.05, 4.69) is 16.5 Å². The molecule has 0 radical (unpaired) electrons. The quantitative estimate of drug-likeness (QED) is 0.737. The molecular weight excluding hydrogens is 422 g/mol. The molecule has 1 aliphatic heterocycles. The van der Waals surface area contributed by atoms with E-state index in [1.54, 1.807) is 0 Å². The Labute approximate surface area is 175 Å². The number of hydrogen-bond acceptors (Lipinski definition) is 4. The van der Waals surface area contributed by atoms with Crippen molar-refractivity contribution in [1.29, 1.82) is 0 Å². The van der Waals surface area contributed by atoms with E-state index in [1.165, 1.54) is 18.3 Å². The first-order valence-electron chi connectivity index (χ1n) is 9.56. The fourth-order valence-corrected chi connectivity index (χ4v) is 3.31. The van der Waals surface area contributed by atoms with Crippen LogP contribution in [0.3, 0.4) is 0 Å². The first-order valence-corrected chi connectivity index (χ1v) is 9.56. The van der Waals surface area contributed by atoms with Crippen LogP contribution in [0.5, 0.6) is 5.88 Å². The Kier molecular flexibility index (Phi) is 6.51. The highest BCUT2D eigenvalue weighted by Gasteiger charge is 2.42. The summed E-state index contributed by atoms with van der Waals surface area (Å²) in [6.45, 7) is 3.68. The monoisotopic (exact) mass is 443 g/mol. The third-order valence-electron chi connectivity index (χ3n) is 5.08. The minimum absolute atomic E-state index is 0.00899. The average molecular weight is 443 g/mol. The Hall–Kier alpha value is -3.11. The summed E-state index contributed by atoms with van der Waals surface area (Å²) in [6.07, 6.45) is -0.989. The minimum Gasteiger partial charge on any atom is -0.475 e. The van der Waals surface area contributed by atoms with E-state index in [1.807, 2.05) is 23.2 Å². The lowest BCUT2D eigenvalue weighted by atomic mass is 10.2. The lowest BCUT2D eigenvalue weighted by molar-refractivity contribution is -0.192. The van der Waals surface area contributed by atoms with E-state index < -0.39 is 18.0 Å². The summed E-state index contributed by atoms with van der Waals surface area (Å²) in [6, 6.07) is 6.83. The summed E-state index contributed by atoms with van der Waals surface area (Å²) >= 11 is 0. The second kappa shape index (κ2) is 8.94. The lowest BCUT2D eigenvalue weighted by Crippen LogP contribution is -2.39. The number of fused-ring (bicyclic) bond motifs is 1. The summed E-state index contributed by atoms with van der Waals surface area (Å²) < 4.78 is 53.5. The number of rotatable bonds is 3. The maximum atomic E-state index is 13.9. The predicted molar refractivity (Wildman–Crippen MR) is 99.4 cm³/mol. The molecule has 11 heteroatoms. The molecule has 168 valence electrons. The van der Waals surface area contributed by atoms with Crippen LogP contribution in [-0.2, 0) is 22.7 Å². The molecule has 3 atom stereocenters. The Balaban J connectivity index is 0.000000339. The molecule has 31 heavy (non-hydrogen) atoms. The normalized spacial score (nSPS) is 22.5. The topological polar surface area (TPSA) is 84.7 Å². The predicted octanol–water partition coefficient (Wildman–Crippen LogP) is 3.10. The van der Waals surface area contributed by atoms with Crippen LogP contribution in [0, 0.1) is 17.7 Å². The molecule has 0 bridgehead atoms. The first-order chi connectivity index (χ1) is 14.6. The Morgan fingerprint density at radius 1 is 1.23 bits per heavy atom. The Morgan fingerprint density at radius 3 is 2.48 bits per heavy atom. The molecule has 3 heterocycles.